The summed E-state index contributed by atoms with van der Waals surface area (Å²) in [5, 5.41) is 4.31. The fourth-order valence-electron chi connectivity index (χ4n) is 2.60. The topological polar surface area (TPSA) is 53.1 Å². The first-order valence-corrected chi connectivity index (χ1v) is 6.26. The smallest absolute Gasteiger partial charge is 0.129 e. The Bertz CT molecular complexity index is 623. The second-order valence-corrected chi connectivity index (χ2v) is 4.97. The Balaban J connectivity index is 1.98. The van der Waals surface area contributed by atoms with E-state index in [1.165, 1.54) is 12.1 Å². The first kappa shape index (κ1) is 12.2. The van der Waals surface area contributed by atoms with Crippen molar-refractivity contribution < 1.29 is 9.13 Å². The molecule has 0 radical (unpaired) electrons. The van der Waals surface area contributed by atoms with Crippen LogP contribution in [0.3, 0.4) is 0 Å². The van der Waals surface area contributed by atoms with Crippen LogP contribution in [-0.2, 0) is 7.05 Å². The minimum Gasteiger partial charge on any atom is -0.485 e. The van der Waals surface area contributed by atoms with E-state index in [1.807, 2.05) is 20.2 Å². The number of nitrogens with zero attached hydrogens (tertiary/aromatic N) is 2. The van der Waals surface area contributed by atoms with Crippen molar-refractivity contribution in [2.45, 2.75) is 25.5 Å². The number of fused-ring (bicyclic) bond motifs is 1. The molecule has 0 fully saturated rings. The van der Waals surface area contributed by atoms with Crippen molar-refractivity contribution in [2.75, 3.05) is 0 Å². The van der Waals surface area contributed by atoms with Gasteiger partial charge in [0.25, 0.3) is 0 Å². The Morgan fingerprint density at radius 1 is 1.42 bits per heavy atom. The zero-order valence-corrected chi connectivity index (χ0v) is 10.9. The molecule has 2 N–H and O–H groups in total. The van der Waals surface area contributed by atoms with E-state index in [-0.39, 0.29) is 18.0 Å². The lowest BCUT2D eigenvalue weighted by Gasteiger charge is -2.30. The van der Waals surface area contributed by atoms with Crippen LogP contribution >= 0.6 is 0 Å². The summed E-state index contributed by atoms with van der Waals surface area (Å²) in [5.74, 6) is 0.224. The molecule has 2 unspecified atom stereocenters. The Hall–Kier alpha value is -1.88. The van der Waals surface area contributed by atoms with Gasteiger partial charge in [-0.2, -0.15) is 5.10 Å². The predicted octanol–water partition coefficient (Wildman–Crippen LogP) is 2.39. The van der Waals surface area contributed by atoms with E-state index in [4.69, 9.17) is 10.5 Å². The number of aromatic nitrogens is 2. The van der Waals surface area contributed by atoms with Gasteiger partial charge in [0.2, 0.25) is 0 Å². The lowest BCUT2D eigenvalue weighted by molar-refractivity contribution is 0.160. The van der Waals surface area contributed by atoms with Gasteiger partial charge in [-0.25, -0.2) is 4.39 Å². The molecule has 0 bridgehead atoms. The highest BCUT2D eigenvalue weighted by Gasteiger charge is 2.29. The second kappa shape index (κ2) is 4.35. The molecule has 1 aromatic heterocycles. The van der Waals surface area contributed by atoms with Crippen LogP contribution < -0.4 is 10.5 Å². The molecular weight excluding hydrogens is 245 g/mol. The Kier molecular flexibility index (Phi) is 2.78. The maximum atomic E-state index is 13.3. The van der Waals surface area contributed by atoms with Gasteiger partial charge in [0.15, 0.2) is 0 Å². The highest BCUT2D eigenvalue weighted by atomic mass is 19.1. The zero-order chi connectivity index (χ0) is 13.6. The normalized spacial score (nSPS) is 21.9. The van der Waals surface area contributed by atoms with E-state index in [0.717, 1.165) is 16.8 Å². The molecule has 0 saturated carbocycles. The number of hydrogen-bond acceptors (Lipinski definition) is 3. The average Bonchev–Trinajstić information content (AvgIpc) is 2.67. The molecule has 19 heavy (non-hydrogen) atoms. The zero-order valence-electron chi connectivity index (χ0n) is 10.9. The maximum Gasteiger partial charge on any atom is 0.129 e. The average molecular weight is 261 g/mol. The van der Waals surface area contributed by atoms with Gasteiger partial charge in [-0.15, -0.1) is 0 Å². The number of nitrogens with two attached hydrogens (primary N) is 1. The highest BCUT2D eigenvalue weighted by molar-refractivity contribution is 5.39. The minimum atomic E-state index is -0.311. The molecule has 0 saturated heterocycles. The van der Waals surface area contributed by atoms with E-state index in [0.29, 0.717) is 12.2 Å². The van der Waals surface area contributed by atoms with Gasteiger partial charge < -0.3 is 10.5 Å². The summed E-state index contributed by atoms with van der Waals surface area (Å²) >= 11 is 0. The lowest BCUT2D eigenvalue weighted by atomic mass is 9.94. The number of hydrogen-bond donors (Lipinski definition) is 1. The van der Waals surface area contributed by atoms with Crippen molar-refractivity contribution in [1.82, 2.24) is 9.78 Å². The van der Waals surface area contributed by atoms with Crippen molar-refractivity contribution >= 4 is 0 Å². The van der Waals surface area contributed by atoms with Crippen molar-refractivity contribution in [3.63, 3.8) is 0 Å². The van der Waals surface area contributed by atoms with Gasteiger partial charge in [-0.1, -0.05) is 6.07 Å². The number of halogens is 1. The molecule has 0 amide bonds. The van der Waals surface area contributed by atoms with Gasteiger partial charge in [-0.3, -0.25) is 4.68 Å². The molecule has 5 heteroatoms. The summed E-state index contributed by atoms with van der Waals surface area (Å²) in [6.45, 7) is 1.94. The molecule has 2 aromatic rings. The van der Waals surface area contributed by atoms with Crippen LogP contribution in [0.4, 0.5) is 4.39 Å². The summed E-state index contributed by atoms with van der Waals surface area (Å²) in [6.07, 6.45) is 2.43. The Labute approximate surface area is 111 Å². The molecule has 2 atom stereocenters. The molecule has 2 heterocycles. The van der Waals surface area contributed by atoms with E-state index >= 15 is 0 Å². The molecule has 100 valence electrons. The van der Waals surface area contributed by atoms with Crippen LogP contribution in [-0.4, -0.2) is 9.78 Å². The van der Waals surface area contributed by atoms with E-state index in [2.05, 4.69) is 5.10 Å². The Morgan fingerprint density at radius 3 is 2.89 bits per heavy atom. The summed E-state index contributed by atoms with van der Waals surface area (Å²) in [5.41, 5.74) is 8.94. The third-order valence-corrected chi connectivity index (χ3v) is 3.51. The Morgan fingerprint density at radius 2 is 2.21 bits per heavy atom. The SMILES string of the molecule is Cc1nn(C)cc1C1CC(N)c2ccc(F)cc2O1. The molecule has 4 nitrogen and oxygen atoms in total. The first-order valence-electron chi connectivity index (χ1n) is 6.26. The number of benzene rings is 1. The van der Waals surface area contributed by atoms with Crippen molar-refractivity contribution in [3.05, 3.63) is 47.0 Å². The fourth-order valence-corrected chi connectivity index (χ4v) is 2.60. The summed E-state index contributed by atoms with van der Waals surface area (Å²) in [6, 6.07) is 4.36. The maximum absolute atomic E-state index is 13.3. The summed E-state index contributed by atoms with van der Waals surface area (Å²) < 4.78 is 20.9. The van der Waals surface area contributed by atoms with Gasteiger partial charge >= 0.3 is 0 Å². The standard InChI is InChI=1S/C14H16FN3O/c1-8-11(7-18(2)17-8)14-6-12(16)10-4-3-9(15)5-13(10)19-14/h3-5,7,12,14H,6,16H2,1-2H3. The second-order valence-electron chi connectivity index (χ2n) is 4.97. The number of aryl methyl sites for hydroxylation is 2. The van der Waals surface area contributed by atoms with Crippen LogP contribution in [0.5, 0.6) is 5.75 Å². The lowest BCUT2D eigenvalue weighted by Crippen LogP contribution is -2.24. The number of rotatable bonds is 1. The highest BCUT2D eigenvalue weighted by Crippen LogP contribution is 2.40. The van der Waals surface area contributed by atoms with Crippen molar-refractivity contribution in [1.29, 1.82) is 0 Å². The van der Waals surface area contributed by atoms with E-state index in [1.54, 1.807) is 10.7 Å². The van der Waals surface area contributed by atoms with Crippen LogP contribution in [0.1, 0.15) is 35.4 Å². The largest absolute Gasteiger partial charge is 0.485 e. The third kappa shape index (κ3) is 2.10. The quantitative estimate of drug-likeness (QED) is 0.857. The molecule has 0 aliphatic carbocycles. The van der Waals surface area contributed by atoms with Crippen LogP contribution in [0.25, 0.3) is 0 Å². The summed E-state index contributed by atoms with van der Waals surface area (Å²) in [4.78, 5) is 0. The van der Waals surface area contributed by atoms with Crippen molar-refractivity contribution in [2.24, 2.45) is 12.8 Å². The molecule has 0 spiro atoms. The van der Waals surface area contributed by atoms with E-state index < -0.39 is 0 Å². The molecule has 1 aliphatic rings. The fraction of sp³-hybridized carbons (Fsp3) is 0.357. The molecular formula is C14H16FN3O. The van der Waals surface area contributed by atoms with E-state index in [9.17, 15) is 4.39 Å². The molecule has 3 rings (SSSR count). The van der Waals surface area contributed by atoms with Crippen LogP contribution in [0.15, 0.2) is 24.4 Å². The van der Waals surface area contributed by atoms with Gasteiger partial charge in [0.1, 0.15) is 17.7 Å². The molecule has 1 aromatic carbocycles. The number of ether oxygens (including phenoxy) is 1. The minimum absolute atomic E-state index is 0.144. The van der Waals surface area contributed by atoms with Gasteiger partial charge in [0, 0.05) is 42.9 Å². The first-order chi connectivity index (χ1) is 9.04. The monoisotopic (exact) mass is 261 g/mol. The van der Waals surface area contributed by atoms with Gasteiger partial charge in [0.05, 0.1) is 5.69 Å². The predicted molar refractivity (Wildman–Crippen MR) is 69.3 cm³/mol. The van der Waals surface area contributed by atoms with Crippen LogP contribution in [0, 0.1) is 12.7 Å². The van der Waals surface area contributed by atoms with Crippen LogP contribution in [0.2, 0.25) is 0 Å². The van der Waals surface area contributed by atoms with Gasteiger partial charge in [-0.05, 0) is 13.0 Å². The van der Waals surface area contributed by atoms with Crippen molar-refractivity contribution in [3.8, 4) is 5.75 Å². The third-order valence-electron chi connectivity index (χ3n) is 3.51. The molecule has 1 aliphatic heterocycles. The summed E-state index contributed by atoms with van der Waals surface area (Å²) in [7, 11) is 1.87.